The Hall–Kier alpha value is -1.02. The van der Waals surface area contributed by atoms with E-state index >= 15 is 0 Å². The first kappa shape index (κ1) is 12.4. The zero-order chi connectivity index (χ0) is 12.4. The highest BCUT2D eigenvalue weighted by Gasteiger charge is 2.25. The molecule has 0 aromatic heterocycles. The molecule has 1 heterocycles. The fourth-order valence-electron chi connectivity index (χ4n) is 2.12. The van der Waals surface area contributed by atoms with Gasteiger partial charge in [-0.25, -0.2) is 0 Å². The van der Waals surface area contributed by atoms with E-state index in [1.165, 1.54) is 0 Å². The molecule has 0 N–H and O–H groups in total. The molecule has 1 aliphatic carbocycles. The molecule has 2 rings (SSSR count). The number of carbonyl (C=O) groups excluding carboxylic acids is 1. The Morgan fingerprint density at radius 2 is 2.12 bits per heavy atom. The number of amides is 1. The fraction of sp³-hybridized carbons (Fsp3) is 0.500. The van der Waals surface area contributed by atoms with E-state index in [9.17, 15) is 4.79 Å². The second-order valence-electron chi connectivity index (χ2n) is 4.98. The topological polar surface area (TPSA) is 20.3 Å². The summed E-state index contributed by atoms with van der Waals surface area (Å²) in [6, 6.07) is 0. The largest absolute Gasteiger partial charge is 0.312 e. The summed E-state index contributed by atoms with van der Waals surface area (Å²) in [6.07, 6.45) is 8.28. The monoisotopic (exact) mass is 251 g/mol. The zero-order valence-corrected chi connectivity index (χ0v) is 11.1. The molecular formula is C14H18ClNO. The molecule has 0 spiro atoms. The van der Waals surface area contributed by atoms with Gasteiger partial charge in [-0.1, -0.05) is 37.6 Å². The van der Waals surface area contributed by atoms with E-state index in [1.807, 2.05) is 17.1 Å². The van der Waals surface area contributed by atoms with Crippen molar-refractivity contribution in [1.29, 1.82) is 0 Å². The number of hydrogen-bond donors (Lipinski definition) is 0. The normalized spacial score (nSPS) is 19.9. The predicted octanol–water partition coefficient (Wildman–Crippen LogP) is 3.60. The lowest BCUT2D eigenvalue weighted by atomic mass is 9.98. The average molecular weight is 252 g/mol. The highest BCUT2D eigenvalue weighted by molar-refractivity contribution is 6.30. The first-order valence-corrected chi connectivity index (χ1v) is 6.53. The summed E-state index contributed by atoms with van der Waals surface area (Å²) in [7, 11) is 0. The smallest absolute Gasteiger partial charge is 0.230 e. The molecule has 3 heteroatoms. The summed E-state index contributed by atoms with van der Waals surface area (Å²) in [5.74, 6) is 0.813. The van der Waals surface area contributed by atoms with Gasteiger partial charge in [-0.05, 0) is 24.0 Å². The van der Waals surface area contributed by atoms with Crippen LogP contribution in [0.5, 0.6) is 0 Å². The number of rotatable bonds is 3. The second kappa shape index (κ2) is 5.09. The van der Waals surface area contributed by atoms with E-state index in [0.29, 0.717) is 12.3 Å². The van der Waals surface area contributed by atoms with Gasteiger partial charge in [0.25, 0.3) is 0 Å². The summed E-state index contributed by atoms with van der Waals surface area (Å²) < 4.78 is 0. The van der Waals surface area contributed by atoms with Crippen LogP contribution in [-0.2, 0) is 4.79 Å². The van der Waals surface area contributed by atoms with E-state index in [0.717, 1.165) is 35.7 Å². The van der Waals surface area contributed by atoms with Crippen molar-refractivity contribution < 1.29 is 4.79 Å². The third-order valence-electron chi connectivity index (χ3n) is 3.12. The molecule has 0 saturated heterocycles. The lowest BCUT2D eigenvalue weighted by Gasteiger charge is -2.31. The summed E-state index contributed by atoms with van der Waals surface area (Å²) in [5.41, 5.74) is 2.15. The standard InChI is InChI=1S/C14H18ClNO/c1-10(2)7-8-16-13-5-4-12(15)9-11(13)3-6-14(16)17/h3,5,9-10H,4,6-8H2,1-2H3. The quantitative estimate of drug-likeness (QED) is 0.751. The van der Waals surface area contributed by atoms with Gasteiger partial charge < -0.3 is 4.90 Å². The van der Waals surface area contributed by atoms with Crippen LogP contribution in [0, 0.1) is 5.92 Å². The second-order valence-corrected chi connectivity index (χ2v) is 5.46. The van der Waals surface area contributed by atoms with E-state index in [1.54, 1.807) is 0 Å². The molecule has 1 aliphatic heterocycles. The Labute approximate surface area is 108 Å². The average Bonchev–Trinajstić information content (AvgIpc) is 2.27. The van der Waals surface area contributed by atoms with Crippen LogP contribution in [0.2, 0.25) is 0 Å². The number of carbonyl (C=O) groups is 1. The summed E-state index contributed by atoms with van der Waals surface area (Å²) >= 11 is 6.02. The van der Waals surface area contributed by atoms with Gasteiger partial charge in [-0.15, -0.1) is 0 Å². The Balaban J connectivity index is 2.17. The maximum atomic E-state index is 11.9. The molecule has 0 unspecified atom stereocenters. The fourth-order valence-corrected chi connectivity index (χ4v) is 2.31. The van der Waals surface area contributed by atoms with E-state index < -0.39 is 0 Å². The van der Waals surface area contributed by atoms with Crippen LogP contribution in [0.4, 0.5) is 0 Å². The van der Waals surface area contributed by atoms with Crippen LogP contribution < -0.4 is 0 Å². The van der Waals surface area contributed by atoms with Gasteiger partial charge in [0.2, 0.25) is 5.91 Å². The molecule has 0 atom stereocenters. The molecule has 2 aliphatic rings. The van der Waals surface area contributed by atoms with Crippen molar-refractivity contribution in [1.82, 2.24) is 4.90 Å². The molecule has 0 aromatic rings. The molecule has 0 saturated carbocycles. The van der Waals surface area contributed by atoms with Crippen molar-refractivity contribution in [2.45, 2.75) is 33.1 Å². The van der Waals surface area contributed by atoms with E-state index in [2.05, 4.69) is 19.9 Å². The third-order valence-corrected chi connectivity index (χ3v) is 3.38. The Morgan fingerprint density at radius 3 is 2.82 bits per heavy atom. The number of halogens is 1. The molecule has 17 heavy (non-hydrogen) atoms. The lowest BCUT2D eigenvalue weighted by Crippen LogP contribution is -2.35. The minimum Gasteiger partial charge on any atom is -0.312 e. The number of fused-ring (bicyclic) bond motifs is 1. The van der Waals surface area contributed by atoms with Gasteiger partial charge in [0, 0.05) is 30.1 Å². The Morgan fingerprint density at radius 1 is 1.35 bits per heavy atom. The SMILES string of the molecule is CC(C)CCN1C(=O)CC=C2C=C(Cl)CC=C21. The van der Waals surface area contributed by atoms with Gasteiger partial charge in [0.15, 0.2) is 0 Å². The maximum absolute atomic E-state index is 11.9. The van der Waals surface area contributed by atoms with E-state index in [4.69, 9.17) is 11.6 Å². The summed E-state index contributed by atoms with van der Waals surface area (Å²) in [4.78, 5) is 13.8. The number of hydrogen-bond acceptors (Lipinski definition) is 1. The molecule has 92 valence electrons. The Bertz CT molecular complexity index is 418. The van der Waals surface area contributed by atoms with Crippen molar-refractivity contribution >= 4 is 17.5 Å². The molecule has 0 fully saturated rings. The van der Waals surface area contributed by atoms with Gasteiger partial charge >= 0.3 is 0 Å². The molecule has 2 nitrogen and oxygen atoms in total. The van der Waals surface area contributed by atoms with Gasteiger partial charge in [-0.2, -0.15) is 0 Å². The number of nitrogens with zero attached hydrogens (tertiary/aromatic N) is 1. The summed E-state index contributed by atoms with van der Waals surface area (Å²) in [5, 5.41) is 0.846. The third kappa shape index (κ3) is 2.81. The maximum Gasteiger partial charge on any atom is 0.230 e. The number of allylic oxidation sites excluding steroid dienone is 3. The Kier molecular flexibility index (Phi) is 3.72. The molecule has 1 amide bonds. The minimum absolute atomic E-state index is 0.201. The van der Waals surface area contributed by atoms with Gasteiger partial charge in [0.05, 0.1) is 0 Å². The predicted molar refractivity (Wildman–Crippen MR) is 70.5 cm³/mol. The van der Waals surface area contributed by atoms with Crippen LogP contribution in [-0.4, -0.2) is 17.4 Å². The van der Waals surface area contributed by atoms with Crippen LogP contribution in [0.1, 0.15) is 33.1 Å². The van der Waals surface area contributed by atoms with Gasteiger partial charge in [0.1, 0.15) is 0 Å². The summed E-state index contributed by atoms with van der Waals surface area (Å²) in [6.45, 7) is 5.17. The highest BCUT2D eigenvalue weighted by Crippen LogP contribution is 2.31. The minimum atomic E-state index is 0.201. The van der Waals surface area contributed by atoms with Crippen molar-refractivity contribution in [3.05, 3.63) is 34.5 Å². The van der Waals surface area contributed by atoms with Crippen LogP contribution in [0.25, 0.3) is 0 Å². The zero-order valence-electron chi connectivity index (χ0n) is 10.4. The molecule has 0 aromatic carbocycles. The van der Waals surface area contributed by atoms with Crippen LogP contribution in [0.15, 0.2) is 34.5 Å². The van der Waals surface area contributed by atoms with Crippen LogP contribution >= 0.6 is 11.6 Å². The molecular weight excluding hydrogens is 234 g/mol. The molecule has 0 radical (unpaired) electrons. The molecule has 0 bridgehead atoms. The highest BCUT2D eigenvalue weighted by atomic mass is 35.5. The van der Waals surface area contributed by atoms with E-state index in [-0.39, 0.29) is 5.91 Å². The van der Waals surface area contributed by atoms with Crippen molar-refractivity contribution in [3.63, 3.8) is 0 Å². The van der Waals surface area contributed by atoms with Crippen molar-refractivity contribution in [2.24, 2.45) is 5.92 Å². The van der Waals surface area contributed by atoms with Crippen molar-refractivity contribution in [3.8, 4) is 0 Å². The lowest BCUT2D eigenvalue weighted by molar-refractivity contribution is -0.128. The first-order valence-electron chi connectivity index (χ1n) is 6.15. The van der Waals surface area contributed by atoms with Gasteiger partial charge in [-0.3, -0.25) is 4.79 Å². The first-order chi connectivity index (χ1) is 8.08. The van der Waals surface area contributed by atoms with Crippen molar-refractivity contribution in [2.75, 3.05) is 6.54 Å². The van der Waals surface area contributed by atoms with Crippen LogP contribution in [0.3, 0.4) is 0 Å².